The van der Waals surface area contributed by atoms with Gasteiger partial charge < -0.3 is 10.2 Å². The maximum atomic E-state index is 11.8. The van der Waals surface area contributed by atoms with Crippen LogP contribution in [0.3, 0.4) is 0 Å². The number of nitrogens with zero attached hydrogens (tertiary/aromatic N) is 1. The van der Waals surface area contributed by atoms with E-state index >= 15 is 0 Å². The third-order valence-corrected chi connectivity index (χ3v) is 4.25. The fourth-order valence-electron chi connectivity index (χ4n) is 3.35. The zero-order chi connectivity index (χ0) is 12.5. The molecule has 0 radical (unpaired) electrons. The molecule has 2 saturated heterocycles. The molecular weight excluding hydrogens is 224 g/mol. The molecule has 3 heteroatoms. The van der Waals surface area contributed by atoms with Gasteiger partial charge in [-0.25, -0.2) is 0 Å². The summed E-state index contributed by atoms with van der Waals surface area (Å²) in [7, 11) is 0. The highest BCUT2D eigenvalue weighted by atomic mass is 16.2. The van der Waals surface area contributed by atoms with Gasteiger partial charge in [0.15, 0.2) is 0 Å². The van der Waals surface area contributed by atoms with E-state index in [-0.39, 0.29) is 0 Å². The van der Waals surface area contributed by atoms with Gasteiger partial charge in [0.2, 0.25) is 5.91 Å². The Hall–Kier alpha value is -1.35. The Morgan fingerprint density at radius 3 is 3.06 bits per heavy atom. The zero-order valence-electron chi connectivity index (χ0n) is 10.9. The van der Waals surface area contributed by atoms with Crippen LogP contribution in [0, 0.1) is 0 Å². The van der Waals surface area contributed by atoms with Gasteiger partial charge in [-0.15, -0.1) is 0 Å². The number of carbonyl (C=O) groups is 1. The van der Waals surface area contributed by atoms with Crippen LogP contribution in [0.5, 0.6) is 0 Å². The predicted octanol–water partition coefficient (Wildman–Crippen LogP) is 1.88. The molecule has 3 rings (SSSR count). The molecule has 1 amide bonds. The van der Waals surface area contributed by atoms with Crippen molar-refractivity contribution in [2.45, 2.75) is 38.3 Å². The quantitative estimate of drug-likeness (QED) is 0.861. The van der Waals surface area contributed by atoms with E-state index in [2.05, 4.69) is 41.4 Å². The minimum Gasteiger partial charge on any atom is -0.337 e. The number of hydrogen-bond donors (Lipinski definition) is 1. The molecule has 2 aliphatic heterocycles. The number of carbonyl (C=O) groups excluding carboxylic acids is 1. The van der Waals surface area contributed by atoms with Gasteiger partial charge in [0.05, 0.1) is 12.1 Å². The topological polar surface area (TPSA) is 32.3 Å². The average molecular weight is 244 g/mol. The summed E-state index contributed by atoms with van der Waals surface area (Å²) in [5.74, 6) is 0.334. The van der Waals surface area contributed by atoms with E-state index in [4.69, 9.17) is 0 Å². The van der Waals surface area contributed by atoms with E-state index in [1.807, 2.05) is 0 Å². The van der Waals surface area contributed by atoms with Crippen LogP contribution in [0.25, 0.3) is 0 Å². The lowest BCUT2D eigenvalue weighted by Gasteiger charge is -2.38. The Labute approximate surface area is 108 Å². The first kappa shape index (κ1) is 11.7. The summed E-state index contributed by atoms with van der Waals surface area (Å²) >= 11 is 0. The van der Waals surface area contributed by atoms with Crippen molar-refractivity contribution in [3.63, 3.8) is 0 Å². The van der Waals surface area contributed by atoms with E-state index in [1.165, 1.54) is 11.1 Å². The van der Waals surface area contributed by atoms with E-state index in [0.717, 1.165) is 32.4 Å². The molecule has 96 valence electrons. The maximum Gasteiger partial charge on any atom is 0.223 e. The van der Waals surface area contributed by atoms with Crippen molar-refractivity contribution in [3.05, 3.63) is 35.4 Å². The summed E-state index contributed by atoms with van der Waals surface area (Å²) < 4.78 is 0. The summed E-state index contributed by atoms with van der Waals surface area (Å²) in [5.41, 5.74) is 2.78. The molecule has 2 fully saturated rings. The molecular formula is C15H20N2O. The largest absolute Gasteiger partial charge is 0.337 e. The fourth-order valence-corrected chi connectivity index (χ4v) is 3.35. The Kier molecular flexibility index (Phi) is 3.08. The lowest BCUT2D eigenvalue weighted by molar-refractivity contribution is -0.130. The highest BCUT2D eigenvalue weighted by Gasteiger charge is 2.39. The Bertz CT molecular complexity index is 458. The molecule has 1 aromatic rings. The van der Waals surface area contributed by atoms with E-state index < -0.39 is 0 Å². The van der Waals surface area contributed by atoms with Gasteiger partial charge in [-0.05, 0) is 24.0 Å². The maximum absolute atomic E-state index is 11.8. The van der Waals surface area contributed by atoms with E-state index in [1.54, 1.807) is 0 Å². The van der Waals surface area contributed by atoms with Crippen molar-refractivity contribution >= 4 is 5.91 Å². The molecule has 3 nitrogen and oxygen atoms in total. The monoisotopic (exact) mass is 244 g/mol. The van der Waals surface area contributed by atoms with Gasteiger partial charge in [-0.2, -0.15) is 0 Å². The van der Waals surface area contributed by atoms with Crippen molar-refractivity contribution in [3.8, 4) is 0 Å². The molecule has 0 spiro atoms. The van der Waals surface area contributed by atoms with Gasteiger partial charge in [-0.3, -0.25) is 4.79 Å². The summed E-state index contributed by atoms with van der Waals surface area (Å²) in [5, 5.41) is 3.61. The van der Waals surface area contributed by atoms with Crippen molar-refractivity contribution in [1.82, 2.24) is 10.2 Å². The molecule has 2 heterocycles. The summed E-state index contributed by atoms with van der Waals surface area (Å²) in [6.07, 6.45) is 2.76. The molecule has 0 unspecified atom stereocenters. The van der Waals surface area contributed by atoms with Crippen LogP contribution >= 0.6 is 0 Å². The van der Waals surface area contributed by atoms with Gasteiger partial charge >= 0.3 is 0 Å². The first-order valence-corrected chi connectivity index (χ1v) is 6.92. The number of hydrogen-bond acceptors (Lipinski definition) is 2. The van der Waals surface area contributed by atoms with Crippen LogP contribution in [0.1, 0.15) is 36.9 Å². The highest BCUT2D eigenvalue weighted by molar-refractivity contribution is 5.79. The van der Waals surface area contributed by atoms with E-state index in [0.29, 0.717) is 18.0 Å². The lowest BCUT2D eigenvalue weighted by Crippen LogP contribution is -2.51. The number of piperazine rings is 1. The number of fused-ring (bicyclic) bond motifs is 1. The van der Waals surface area contributed by atoms with Gasteiger partial charge in [0.1, 0.15) is 0 Å². The number of nitrogens with one attached hydrogen (secondary N) is 1. The lowest BCUT2D eigenvalue weighted by atomic mass is 9.91. The second-order valence-electron chi connectivity index (χ2n) is 5.18. The van der Waals surface area contributed by atoms with Crippen molar-refractivity contribution in [1.29, 1.82) is 0 Å². The molecule has 2 aliphatic rings. The zero-order valence-corrected chi connectivity index (χ0v) is 10.9. The van der Waals surface area contributed by atoms with Gasteiger partial charge in [0, 0.05) is 19.5 Å². The van der Waals surface area contributed by atoms with Crippen LogP contribution in [0.4, 0.5) is 0 Å². The summed E-state index contributed by atoms with van der Waals surface area (Å²) in [6, 6.07) is 9.30. The standard InChI is InChI=1S/C15H20N2O/c1-2-11-5-3-4-6-12(11)15-13-7-8-14(18)17(13)10-9-16-15/h3-6,13,15-16H,2,7-10H2,1H3/t13-,15-/m0/s1. The molecule has 1 aromatic carbocycles. The van der Waals surface area contributed by atoms with E-state index in [9.17, 15) is 4.79 Å². The van der Waals surface area contributed by atoms with Crippen LogP contribution in [0.2, 0.25) is 0 Å². The molecule has 0 aliphatic carbocycles. The normalized spacial score (nSPS) is 27.4. The number of benzene rings is 1. The molecule has 1 N–H and O–H groups in total. The Morgan fingerprint density at radius 2 is 2.22 bits per heavy atom. The second kappa shape index (κ2) is 4.73. The number of rotatable bonds is 2. The van der Waals surface area contributed by atoms with Crippen molar-refractivity contribution < 1.29 is 4.79 Å². The smallest absolute Gasteiger partial charge is 0.223 e. The Balaban J connectivity index is 1.93. The molecule has 0 aromatic heterocycles. The molecule has 0 bridgehead atoms. The minimum atomic E-state index is 0.321. The number of aryl methyl sites for hydroxylation is 1. The molecule has 18 heavy (non-hydrogen) atoms. The van der Waals surface area contributed by atoms with Crippen molar-refractivity contribution in [2.24, 2.45) is 0 Å². The molecule has 0 saturated carbocycles. The second-order valence-corrected chi connectivity index (χ2v) is 5.18. The fraction of sp³-hybridized carbons (Fsp3) is 0.533. The number of amides is 1. The average Bonchev–Trinajstić information content (AvgIpc) is 2.81. The SMILES string of the molecule is CCc1ccccc1[C@@H]1NCCN2C(=O)CC[C@@H]12. The highest BCUT2D eigenvalue weighted by Crippen LogP contribution is 2.33. The summed E-state index contributed by atoms with van der Waals surface area (Å²) in [6.45, 7) is 3.97. The first-order chi connectivity index (χ1) is 8.81. The van der Waals surface area contributed by atoms with Crippen LogP contribution in [-0.4, -0.2) is 29.9 Å². The third kappa shape index (κ3) is 1.83. The van der Waals surface area contributed by atoms with Crippen LogP contribution < -0.4 is 5.32 Å². The summed E-state index contributed by atoms with van der Waals surface area (Å²) in [4.78, 5) is 13.9. The molecule has 2 atom stereocenters. The minimum absolute atomic E-state index is 0.321. The van der Waals surface area contributed by atoms with Gasteiger partial charge in [0.25, 0.3) is 0 Å². The predicted molar refractivity (Wildman–Crippen MR) is 71.3 cm³/mol. The Morgan fingerprint density at radius 1 is 1.39 bits per heavy atom. The first-order valence-electron chi connectivity index (χ1n) is 6.92. The van der Waals surface area contributed by atoms with Crippen LogP contribution in [-0.2, 0) is 11.2 Å². The van der Waals surface area contributed by atoms with Gasteiger partial charge in [-0.1, -0.05) is 31.2 Å². The van der Waals surface area contributed by atoms with Crippen molar-refractivity contribution in [2.75, 3.05) is 13.1 Å². The third-order valence-electron chi connectivity index (χ3n) is 4.25. The van der Waals surface area contributed by atoms with Crippen LogP contribution in [0.15, 0.2) is 24.3 Å².